The topological polar surface area (TPSA) is 68.3 Å². The Hall–Kier alpha value is -2.57. The number of hydrogen-bond donors (Lipinski definition) is 1. The first-order valence-corrected chi connectivity index (χ1v) is 6.58. The van der Waals surface area contributed by atoms with E-state index in [-0.39, 0.29) is 23.4 Å². The number of halogens is 2. The molecule has 0 aliphatic heterocycles. The van der Waals surface area contributed by atoms with Gasteiger partial charge >= 0.3 is 11.9 Å². The predicted molar refractivity (Wildman–Crippen MR) is 76.6 cm³/mol. The van der Waals surface area contributed by atoms with Gasteiger partial charge in [0, 0.05) is 24.1 Å². The molecule has 1 heterocycles. The number of carbonyl (C=O) groups is 2. The molecule has 1 N–H and O–H groups in total. The number of alkyl halides is 2. The molecule has 116 valence electrons. The number of benzene rings is 1. The van der Waals surface area contributed by atoms with Crippen LogP contribution in [0.1, 0.15) is 19.4 Å². The van der Waals surface area contributed by atoms with Crippen LogP contribution in [0.3, 0.4) is 0 Å². The molecule has 0 saturated heterocycles. The van der Waals surface area contributed by atoms with Crippen molar-refractivity contribution in [3.63, 3.8) is 0 Å². The summed E-state index contributed by atoms with van der Waals surface area (Å²) in [5.74, 6) is -5.77. The molecule has 0 atom stereocenters. The van der Waals surface area contributed by atoms with E-state index in [0.29, 0.717) is 5.69 Å². The summed E-state index contributed by atoms with van der Waals surface area (Å²) in [6.45, 7) is 2.61. The Morgan fingerprint density at radius 3 is 2.68 bits per heavy atom. The third kappa shape index (κ3) is 2.88. The van der Waals surface area contributed by atoms with Crippen LogP contribution in [0.5, 0.6) is 0 Å². The molecular weight excluding hydrogens is 294 g/mol. The second kappa shape index (κ2) is 6.05. The van der Waals surface area contributed by atoms with E-state index in [4.69, 9.17) is 0 Å². The summed E-state index contributed by atoms with van der Waals surface area (Å²) in [6, 6.07) is 5.27. The van der Waals surface area contributed by atoms with Crippen LogP contribution >= 0.6 is 0 Å². The maximum atomic E-state index is 14.3. The Kier molecular flexibility index (Phi) is 4.35. The van der Waals surface area contributed by atoms with E-state index in [1.54, 1.807) is 0 Å². The molecule has 1 aromatic carbocycles. The molecule has 0 aliphatic rings. The largest absolute Gasteiger partial charge is 0.461 e. The summed E-state index contributed by atoms with van der Waals surface area (Å²) in [5.41, 5.74) is -0.0335. The fourth-order valence-corrected chi connectivity index (χ4v) is 2.07. The van der Waals surface area contributed by atoms with E-state index >= 15 is 0 Å². The third-order valence-corrected chi connectivity index (χ3v) is 2.95. The lowest BCUT2D eigenvalue weighted by Gasteiger charge is -2.18. The van der Waals surface area contributed by atoms with Gasteiger partial charge in [0.2, 0.25) is 5.91 Å². The van der Waals surface area contributed by atoms with Crippen LogP contribution in [-0.2, 0) is 20.2 Å². The number of nitrogens with zero attached hydrogens (tertiary/aromatic N) is 1. The van der Waals surface area contributed by atoms with E-state index in [1.165, 1.54) is 38.2 Å². The van der Waals surface area contributed by atoms with Gasteiger partial charge in [-0.1, -0.05) is 6.07 Å². The SMILES string of the molecule is CCOC(=O)C(F)(F)c1ccc(NC(C)=O)c2ncccc12. The summed E-state index contributed by atoms with van der Waals surface area (Å²) in [6.07, 6.45) is 1.42. The molecule has 22 heavy (non-hydrogen) atoms. The number of amides is 1. The van der Waals surface area contributed by atoms with Crippen molar-refractivity contribution in [3.05, 3.63) is 36.0 Å². The number of hydrogen-bond acceptors (Lipinski definition) is 4. The minimum absolute atomic E-state index is 0.0757. The van der Waals surface area contributed by atoms with E-state index < -0.39 is 17.5 Å². The summed E-state index contributed by atoms with van der Waals surface area (Å²) >= 11 is 0. The Labute approximate surface area is 125 Å². The number of esters is 1. The number of pyridine rings is 1. The first-order valence-electron chi connectivity index (χ1n) is 6.58. The van der Waals surface area contributed by atoms with Crippen molar-refractivity contribution in [1.82, 2.24) is 4.98 Å². The number of ether oxygens (including phenoxy) is 1. The highest BCUT2D eigenvalue weighted by Gasteiger charge is 2.44. The molecule has 0 unspecified atom stereocenters. The molecule has 1 aromatic heterocycles. The minimum Gasteiger partial charge on any atom is -0.461 e. The van der Waals surface area contributed by atoms with Crippen molar-refractivity contribution in [1.29, 1.82) is 0 Å². The van der Waals surface area contributed by atoms with Crippen LogP contribution < -0.4 is 5.32 Å². The smallest absolute Gasteiger partial charge is 0.382 e. The van der Waals surface area contributed by atoms with Crippen LogP contribution in [0.2, 0.25) is 0 Å². The highest BCUT2D eigenvalue weighted by atomic mass is 19.3. The van der Waals surface area contributed by atoms with Gasteiger partial charge in [-0.3, -0.25) is 9.78 Å². The molecule has 2 aromatic rings. The average Bonchev–Trinajstić information content (AvgIpc) is 2.47. The van der Waals surface area contributed by atoms with Crippen molar-refractivity contribution >= 4 is 28.5 Å². The first kappa shape index (κ1) is 15.8. The van der Waals surface area contributed by atoms with Crippen LogP contribution in [0.4, 0.5) is 14.5 Å². The van der Waals surface area contributed by atoms with Gasteiger partial charge in [-0.2, -0.15) is 8.78 Å². The van der Waals surface area contributed by atoms with Gasteiger partial charge in [0.1, 0.15) is 0 Å². The highest BCUT2D eigenvalue weighted by molar-refractivity contribution is 6.02. The zero-order valence-corrected chi connectivity index (χ0v) is 12.0. The number of fused-ring (bicyclic) bond motifs is 1. The summed E-state index contributed by atoms with van der Waals surface area (Å²) in [4.78, 5) is 26.7. The predicted octanol–water partition coefficient (Wildman–Crippen LogP) is 2.85. The summed E-state index contributed by atoms with van der Waals surface area (Å²) in [5, 5.41) is 2.59. The number of aromatic nitrogens is 1. The fraction of sp³-hybridized carbons (Fsp3) is 0.267. The van der Waals surface area contributed by atoms with Crippen molar-refractivity contribution in [2.24, 2.45) is 0 Å². The van der Waals surface area contributed by atoms with Crippen molar-refractivity contribution < 1.29 is 23.1 Å². The van der Waals surface area contributed by atoms with E-state index in [9.17, 15) is 18.4 Å². The van der Waals surface area contributed by atoms with Crippen LogP contribution in [0.25, 0.3) is 10.9 Å². The molecule has 0 radical (unpaired) electrons. The summed E-state index contributed by atoms with van der Waals surface area (Å²) in [7, 11) is 0. The molecule has 0 bridgehead atoms. The molecule has 0 aliphatic carbocycles. The zero-order valence-electron chi connectivity index (χ0n) is 12.0. The monoisotopic (exact) mass is 308 g/mol. The molecule has 5 nitrogen and oxygen atoms in total. The lowest BCUT2D eigenvalue weighted by Crippen LogP contribution is -2.28. The Morgan fingerprint density at radius 1 is 1.32 bits per heavy atom. The quantitative estimate of drug-likeness (QED) is 0.882. The normalized spacial score (nSPS) is 11.3. The van der Waals surface area contributed by atoms with Crippen LogP contribution in [-0.4, -0.2) is 23.5 Å². The lowest BCUT2D eigenvalue weighted by molar-refractivity contribution is -0.172. The van der Waals surface area contributed by atoms with E-state index in [2.05, 4.69) is 15.0 Å². The third-order valence-electron chi connectivity index (χ3n) is 2.95. The first-order chi connectivity index (χ1) is 10.4. The van der Waals surface area contributed by atoms with Crippen molar-refractivity contribution in [2.45, 2.75) is 19.8 Å². The van der Waals surface area contributed by atoms with Gasteiger partial charge in [0.05, 0.1) is 17.8 Å². The molecule has 2 rings (SSSR count). The Bertz CT molecular complexity index is 732. The van der Waals surface area contributed by atoms with Gasteiger partial charge in [-0.25, -0.2) is 4.79 Å². The molecule has 0 spiro atoms. The number of carbonyl (C=O) groups excluding carboxylic acids is 2. The van der Waals surface area contributed by atoms with Gasteiger partial charge in [-0.15, -0.1) is 0 Å². The summed E-state index contributed by atoms with van der Waals surface area (Å²) < 4.78 is 33.0. The maximum absolute atomic E-state index is 14.3. The fourth-order valence-electron chi connectivity index (χ4n) is 2.07. The molecule has 0 saturated carbocycles. The molecule has 1 amide bonds. The second-order valence-corrected chi connectivity index (χ2v) is 4.54. The van der Waals surface area contributed by atoms with Gasteiger partial charge < -0.3 is 10.1 Å². The van der Waals surface area contributed by atoms with Crippen molar-refractivity contribution in [3.8, 4) is 0 Å². The standard InChI is InChI=1S/C15H14F2N2O3/c1-3-22-14(21)15(16,17)11-6-7-12(19-9(2)20)13-10(11)5-4-8-18-13/h4-8H,3H2,1-2H3,(H,19,20). The Balaban J connectivity index is 2.62. The van der Waals surface area contributed by atoms with Gasteiger partial charge in [0.15, 0.2) is 0 Å². The average molecular weight is 308 g/mol. The molecule has 0 fully saturated rings. The highest BCUT2D eigenvalue weighted by Crippen LogP contribution is 2.36. The maximum Gasteiger partial charge on any atom is 0.382 e. The minimum atomic E-state index is -3.80. The number of nitrogens with one attached hydrogen (secondary N) is 1. The van der Waals surface area contributed by atoms with Gasteiger partial charge in [0.25, 0.3) is 0 Å². The lowest BCUT2D eigenvalue weighted by atomic mass is 10.0. The zero-order chi connectivity index (χ0) is 16.3. The molecule has 7 heteroatoms. The van der Waals surface area contributed by atoms with Crippen LogP contribution in [0, 0.1) is 0 Å². The van der Waals surface area contributed by atoms with Gasteiger partial charge in [-0.05, 0) is 25.1 Å². The van der Waals surface area contributed by atoms with Crippen LogP contribution in [0.15, 0.2) is 30.5 Å². The van der Waals surface area contributed by atoms with Crippen molar-refractivity contribution in [2.75, 3.05) is 11.9 Å². The molecular formula is C15H14F2N2O3. The Morgan fingerprint density at radius 2 is 2.05 bits per heavy atom. The van der Waals surface area contributed by atoms with E-state index in [1.807, 2.05) is 0 Å². The number of anilines is 1. The second-order valence-electron chi connectivity index (χ2n) is 4.54. The number of rotatable bonds is 4. The van der Waals surface area contributed by atoms with E-state index in [0.717, 1.165) is 6.07 Å².